The first-order valence-corrected chi connectivity index (χ1v) is 8.15. The van der Waals surface area contributed by atoms with Crippen molar-refractivity contribution in [3.8, 4) is 5.75 Å². The summed E-state index contributed by atoms with van der Waals surface area (Å²) in [6.45, 7) is 3.21. The maximum atomic E-state index is 12.2. The van der Waals surface area contributed by atoms with Crippen LogP contribution in [0.25, 0.3) is 0 Å². The number of nitrogens with one attached hydrogen (secondary N) is 2. The molecule has 2 aromatic carbocycles. The molecule has 0 atom stereocenters. The second-order valence-electron chi connectivity index (χ2n) is 5.86. The Kier molecular flexibility index (Phi) is 5.21. The van der Waals surface area contributed by atoms with Gasteiger partial charge in [0.2, 0.25) is 5.79 Å². The third-order valence-corrected chi connectivity index (χ3v) is 4.02. The molecular weight excluding hydrogens is 320 g/mol. The fourth-order valence-electron chi connectivity index (χ4n) is 2.78. The van der Waals surface area contributed by atoms with Crippen molar-refractivity contribution in [2.24, 2.45) is 0 Å². The fraction of sp³-hybridized carbons (Fsp3) is 0.316. The van der Waals surface area contributed by atoms with E-state index < -0.39 is 5.79 Å². The third-order valence-electron chi connectivity index (χ3n) is 4.02. The van der Waals surface area contributed by atoms with E-state index in [-0.39, 0.29) is 12.6 Å². The average molecular weight is 342 g/mol. The third kappa shape index (κ3) is 4.10. The molecule has 2 aromatic rings. The molecule has 1 aliphatic heterocycles. The smallest absolute Gasteiger partial charge is 0.319 e. The van der Waals surface area contributed by atoms with E-state index in [0.29, 0.717) is 24.7 Å². The number of rotatable bonds is 5. The van der Waals surface area contributed by atoms with Gasteiger partial charge in [0.25, 0.3) is 0 Å². The zero-order valence-corrected chi connectivity index (χ0v) is 14.4. The number of carbonyl (C=O) groups is 1. The van der Waals surface area contributed by atoms with Crippen LogP contribution in [0.1, 0.15) is 11.1 Å². The lowest BCUT2D eigenvalue weighted by atomic mass is 10.0. The van der Waals surface area contributed by atoms with Gasteiger partial charge in [0.1, 0.15) is 5.75 Å². The number of aryl methyl sites for hydroxylation is 1. The van der Waals surface area contributed by atoms with E-state index >= 15 is 0 Å². The molecule has 25 heavy (non-hydrogen) atoms. The predicted molar refractivity (Wildman–Crippen MR) is 94.8 cm³/mol. The summed E-state index contributed by atoms with van der Waals surface area (Å²) in [4.78, 5) is 12.2. The van der Waals surface area contributed by atoms with Crippen molar-refractivity contribution in [1.29, 1.82) is 0 Å². The lowest BCUT2D eigenvalue weighted by Gasteiger charge is -2.28. The van der Waals surface area contributed by atoms with Gasteiger partial charge in [-0.15, -0.1) is 0 Å². The predicted octanol–water partition coefficient (Wildman–Crippen LogP) is 3.02. The first-order chi connectivity index (χ1) is 12.1. The number of hydrogen-bond donors (Lipinski definition) is 2. The van der Waals surface area contributed by atoms with Crippen LogP contribution in [0.3, 0.4) is 0 Å². The van der Waals surface area contributed by atoms with Crippen LogP contribution in [0.2, 0.25) is 0 Å². The van der Waals surface area contributed by atoms with Crippen LogP contribution in [-0.2, 0) is 15.3 Å². The van der Waals surface area contributed by atoms with Crippen molar-refractivity contribution in [2.45, 2.75) is 12.7 Å². The monoisotopic (exact) mass is 342 g/mol. The van der Waals surface area contributed by atoms with Gasteiger partial charge in [-0.1, -0.05) is 35.9 Å². The molecule has 0 spiro atoms. The summed E-state index contributed by atoms with van der Waals surface area (Å²) in [6, 6.07) is 14.7. The van der Waals surface area contributed by atoms with Crippen LogP contribution in [0, 0.1) is 6.92 Å². The molecule has 0 aromatic heterocycles. The van der Waals surface area contributed by atoms with Crippen LogP contribution in [0.15, 0.2) is 48.5 Å². The Morgan fingerprint density at radius 1 is 1.16 bits per heavy atom. The molecule has 1 heterocycles. The Labute approximate surface area is 147 Å². The summed E-state index contributed by atoms with van der Waals surface area (Å²) in [7, 11) is 1.58. The molecule has 2 amide bonds. The summed E-state index contributed by atoms with van der Waals surface area (Å²) in [5, 5.41) is 5.61. The Hall–Kier alpha value is -2.57. The first kappa shape index (κ1) is 17.3. The lowest BCUT2D eigenvalue weighted by Crippen LogP contribution is -2.43. The van der Waals surface area contributed by atoms with Gasteiger partial charge in [0.15, 0.2) is 0 Å². The highest BCUT2D eigenvalue weighted by molar-refractivity contribution is 5.89. The highest BCUT2D eigenvalue weighted by Gasteiger charge is 2.39. The molecule has 0 saturated carbocycles. The van der Waals surface area contributed by atoms with Crippen molar-refractivity contribution in [2.75, 3.05) is 32.2 Å². The van der Waals surface area contributed by atoms with Crippen molar-refractivity contribution in [3.63, 3.8) is 0 Å². The number of benzene rings is 2. The van der Waals surface area contributed by atoms with Gasteiger partial charge >= 0.3 is 6.03 Å². The normalized spacial score (nSPS) is 15.6. The largest absolute Gasteiger partial charge is 0.497 e. The summed E-state index contributed by atoms with van der Waals surface area (Å²) in [5.74, 6) is -0.269. The molecular formula is C19H22N2O4. The molecule has 6 nitrogen and oxygen atoms in total. The standard InChI is InChI=1S/C19H22N2O4/c1-14-5-3-6-15(11-14)19(24-9-10-25-19)13-20-18(22)21-16-7-4-8-17(12-16)23-2/h3-8,11-12H,9-10,13H2,1-2H3,(H2,20,21,22). The molecule has 3 rings (SSSR count). The second-order valence-corrected chi connectivity index (χ2v) is 5.86. The Morgan fingerprint density at radius 2 is 1.92 bits per heavy atom. The highest BCUT2D eigenvalue weighted by Crippen LogP contribution is 2.31. The van der Waals surface area contributed by atoms with Gasteiger partial charge in [0.05, 0.1) is 26.9 Å². The number of ether oxygens (including phenoxy) is 3. The van der Waals surface area contributed by atoms with E-state index in [2.05, 4.69) is 10.6 Å². The number of methoxy groups -OCH3 is 1. The number of carbonyl (C=O) groups excluding carboxylic acids is 1. The SMILES string of the molecule is COc1cccc(NC(=O)NCC2(c3cccc(C)c3)OCCO2)c1. The van der Waals surface area contributed by atoms with Gasteiger partial charge in [-0.25, -0.2) is 4.79 Å². The number of urea groups is 1. The molecule has 1 fully saturated rings. The van der Waals surface area contributed by atoms with Gasteiger partial charge < -0.3 is 24.8 Å². The second kappa shape index (κ2) is 7.55. The maximum absolute atomic E-state index is 12.2. The van der Waals surface area contributed by atoms with E-state index in [1.807, 2.05) is 43.3 Å². The fourth-order valence-corrected chi connectivity index (χ4v) is 2.78. The van der Waals surface area contributed by atoms with Crippen LogP contribution < -0.4 is 15.4 Å². The van der Waals surface area contributed by atoms with E-state index in [1.165, 1.54) is 0 Å². The van der Waals surface area contributed by atoms with Crippen LogP contribution in [-0.4, -0.2) is 32.9 Å². The van der Waals surface area contributed by atoms with E-state index in [1.54, 1.807) is 19.2 Å². The van der Waals surface area contributed by atoms with Crippen molar-refractivity contribution < 1.29 is 19.0 Å². The summed E-state index contributed by atoms with van der Waals surface area (Å²) in [5.41, 5.74) is 2.65. The Balaban J connectivity index is 1.66. The van der Waals surface area contributed by atoms with E-state index in [9.17, 15) is 4.79 Å². The molecule has 0 aliphatic carbocycles. The van der Waals surface area contributed by atoms with Crippen molar-refractivity contribution in [1.82, 2.24) is 5.32 Å². The van der Waals surface area contributed by atoms with Gasteiger partial charge in [0, 0.05) is 17.3 Å². The zero-order chi connectivity index (χ0) is 17.7. The van der Waals surface area contributed by atoms with Crippen molar-refractivity contribution >= 4 is 11.7 Å². The van der Waals surface area contributed by atoms with Crippen LogP contribution in [0.5, 0.6) is 5.75 Å². The molecule has 1 aliphatic rings. The molecule has 1 saturated heterocycles. The van der Waals surface area contributed by atoms with Crippen LogP contribution in [0.4, 0.5) is 10.5 Å². The molecule has 0 bridgehead atoms. The molecule has 0 radical (unpaired) electrons. The van der Waals surface area contributed by atoms with E-state index in [0.717, 1.165) is 11.1 Å². The zero-order valence-electron chi connectivity index (χ0n) is 14.4. The summed E-state index contributed by atoms with van der Waals surface area (Å²) < 4.78 is 16.8. The minimum Gasteiger partial charge on any atom is -0.497 e. The maximum Gasteiger partial charge on any atom is 0.319 e. The molecule has 0 unspecified atom stereocenters. The highest BCUT2D eigenvalue weighted by atomic mass is 16.7. The number of anilines is 1. The number of hydrogen-bond acceptors (Lipinski definition) is 4. The quantitative estimate of drug-likeness (QED) is 0.876. The van der Waals surface area contributed by atoms with Gasteiger partial charge in [-0.2, -0.15) is 0 Å². The average Bonchev–Trinajstić information content (AvgIpc) is 3.10. The molecule has 6 heteroatoms. The molecule has 132 valence electrons. The molecule has 2 N–H and O–H groups in total. The van der Waals surface area contributed by atoms with Crippen molar-refractivity contribution in [3.05, 3.63) is 59.7 Å². The number of amides is 2. The minimum absolute atomic E-state index is 0.215. The lowest BCUT2D eigenvalue weighted by molar-refractivity contribution is -0.160. The van der Waals surface area contributed by atoms with Gasteiger partial charge in [-0.3, -0.25) is 0 Å². The topological polar surface area (TPSA) is 68.8 Å². The summed E-state index contributed by atoms with van der Waals surface area (Å²) in [6.07, 6.45) is 0. The Bertz CT molecular complexity index is 742. The van der Waals surface area contributed by atoms with Gasteiger partial charge in [-0.05, 0) is 19.1 Å². The van der Waals surface area contributed by atoms with Crippen LogP contribution >= 0.6 is 0 Å². The van der Waals surface area contributed by atoms with E-state index in [4.69, 9.17) is 14.2 Å². The first-order valence-electron chi connectivity index (χ1n) is 8.15. The Morgan fingerprint density at radius 3 is 2.64 bits per heavy atom. The summed E-state index contributed by atoms with van der Waals surface area (Å²) >= 11 is 0. The minimum atomic E-state index is -0.947.